The monoisotopic (exact) mass is 353 g/mol. The van der Waals surface area contributed by atoms with Crippen molar-refractivity contribution in [2.24, 2.45) is 0 Å². The second-order valence-electron chi connectivity index (χ2n) is 5.91. The van der Waals surface area contributed by atoms with Crippen molar-refractivity contribution in [3.63, 3.8) is 0 Å². The molecule has 0 atom stereocenters. The molecule has 136 valence electrons. The van der Waals surface area contributed by atoms with Crippen LogP contribution in [0.2, 0.25) is 0 Å². The highest BCUT2D eigenvalue weighted by Crippen LogP contribution is 2.26. The van der Waals surface area contributed by atoms with Gasteiger partial charge >= 0.3 is 6.01 Å². The van der Waals surface area contributed by atoms with E-state index in [1.807, 2.05) is 42.3 Å². The van der Waals surface area contributed by atoms with Crippen molar-refractivity contribution in [1.82, 2.24) is 19.9 Å². The smallest absolute Gasteiger partial charge is 0.319 e. The fourth-order valence-electron chi connectivity index (χ4n) is 2.57. The lowest BCUT2D eigenvalue weighted by molar-refractivity contribution is 0.282. The van der Waals surface area contributed by atoms with Gasteiger partial charge in [0.1, 0.15) is 17.6 Å². The van der Waals surface area contributed by atoms with E-state index in [-0.39, 0.29) is 11.8 Å². The summed E-state index contributed by atoms with van der Waals surface area (Å²) in [4.78, 5) is 19.7. The third-order valence-corrected chi connectivity index (χ3v) is 3.89. The number of rotatable bonds is 7. The molecule has 0 aliphatic carbocycles. The Kier molecular flexibility index (Phi) is 5.31. The molecule has 2 heterocycles. The van der Waals surface area contributed by atoms with Gasteiger partial charge in [-0.05, 0) is 12.0 Å². The van der Waals surface area contributed by atoms with Gasteiger partial charge in [-0.15, -0.1) is 0 Å². The lowest BCUT2D eigenvalue weighted by atomic mass is 10.2. The van der Waals surface area contributed by atoms with Crippen molar-refractivity contribution in [3.8, 4) is 6.01 Å². The third-order valence-electron chi connectivity index (χ3n) is 3.89. The Morgan fingerprint density at radius 2 is 1.85 bits per heavy atom. The molecule has 3 aromatic rings. The minimum Gasteiger partial charge on any atom is -0.459 e. The summed E-state index contributed by atoms with van der Waals surface area (Å²) in [5.41, 5.74) is 8.20. The number of ether oxygens (including phenoxy) is 1. The van der Waals surface area contributed by atoms with Crippen LogP contribution in [-0.2, 0) is 6.61 Å². The van der Waals surface area contributed by atoms with Crippen LogP contribution in [0.5, 0.6) is 6.01 Å². The fraction of sp³-hybridized carbons (Fsp3) is 0.333. The van der Waals surface area contributed by atoms with Crippen molar-refractivity contribution in [1.29, 1.82) is 0 Å². The normalized spacial score (nSPS) is 10.7. The number of benzene rings is 1. The molecular formula is C18H23N7O. The summed E-state index contributed by atoms with van der Waals surface area (Å²) in [5, 5.41) is 3.06. The molecule has 2 aromatic heterocycles. The molecule has 0 amide bonds. The van der Waals surface area contributed by atoms with Crippen LogP contribution in [0.25, 0.3) is 11.0 Å². The number of hydrogen-bond donors (Lipinski definition) is 2. The van der Waals surface area contributed by atoms with Crippen LogP contribution in [0.3, 0.4) is 0 Å². The number of anilines is 3. The standard InChI is InChI=1S/C18H23N7O/c1-4-10-25(3)17-21-13-14(16(20-2)24-17)22-18(23-15(13)19)26-11-12-8-6-5-7-9-12/h5-9H,4,10-11H2,1-3H3,(H2,19,22,23)(H,20,21,24). The molecule has 8 nitrogen and oxygen atoms in total. The third kappa shape index (κ3) is 3.74. The molecule has 0 aliphatic heterocycles. The number of nitrogens with zero attached hydrogens (tertiary/aromatic N) is 5. The summed E-state index contributed by atoms with van der Waals surface area (Å²) in [6.07, 6.45) is 0.991. The zero-order chi connectivity index (χ0) is 18.5. The molecule has 0 aliphatic rings. The van der Waals surface area contributed by atoms with E-state index in [9.17, 15) is 0 Å². The Bertz CT molecular complexity index is 886. The van der Waals surface area contributed by atoms with Gasteiger partial charge in [0.15, 0.2) is 11.6 Å². The second kappa shape index (κ2) is 7.81. The van der Waals surface area contributed by atoms with E-state index in [1.165, 1.54) is 0 Å². The molecule has 0 spiro atoms. The van der Waals surface area contributed by atoms with Crippen LogP contribution in [0.1, 0.15) is 18.9 Å². The number of aromatic nitrogens is 4. The molecular weight excluding hydrogens is 330 g/mol. The van der Waals surface area contributed by atoms with Gasteiger partial charge in [-0.3, -0.25) is 0 Å². The van der Waals surface area contributed by atoms with Crippen LogP contribution < -0.4 is 20.7 Å². The van der Waals surface area contributed by atoms with E-state index in [0.29, 0.717) is 29.4 Å². The maximum atomic E-state index is 6.12. The van der Waals surface area contributed by atoms with Gasteiger partial charge in [-0.2, -0.15) is 15.0 Å². The molecule has 8 heteroatoms. The second-order valence-corrected chi connectivity index (χ2v) is 5.91. The van der Waals surface area contributed by atoms with Gasteiger partial charge in [0.05, 0.1) is 0 Å². The van der Waals surface area contributed by atoms with E-state index in [2.05, 4.69) is 32.2 Å². The van der Waals surface area contributed by atoms with Crippen LogP contribution in [-0.4, -0.2) is 40.6 Å². The molecule has 0 bridgehead atoms. The molecule has 0 unspecified atom stereocenters. The van der Waals surface area contributed by atoms with Crippen molar-refractivity contribution in [2.75, 3.05) is 36.6 Å². The minimum atomic E-state index is 0.202. The Morgan fingerprint density at radius 1 is 1.08 bits per heavy atom. The predicted molar refractivity (Wildman–Crippen MR) is 103 cm³/mol. The summed E-state index contributed by atoms with van der Waals surface area (Å²) in [6, 6.07) is 10.0. The molecule has 26 heavy (non-hydrogen) atoms. The van der Waals surface area contributed by atoms with E-state index >= 15 is 0 Å². The van der Waals surface area contributed by atoms with Crippen LogP contribution in [0.4, 0.5) is 17.6 Å². The quantitative estimate of drug-likeness (QED) is 0.668. The highest BCUT2D eigenvalue weighted by atomic mass is 16.5. The largest absolute Gasteiger partial charge is 0.459 e. The molecule has 0 saturated carbocycles. The van der Waals surface area contributed by atoms with E-state index in [0.717, 1.165) is 18.5 Å². The van der Waals surface area contributed by atoms with Gasteiger partial charge in [0.25, 0.3) is 0 Å². The summed E-state index contributed by atoms with van der Waals surface area (Å²) in [7, 11) is 3.73. The van der Waals surface area contributed by atoms with E-state index in [1.54, 1.807) is 7.05 Å². The van der Waals surface area contributed by atoms with Gasteiger partial charge in [0, 0.05) is 20.6 Å². The van der Waals surface area contributed by atoms with Crippen molar-refractivity contribution < 1.29 is 4.74 Å². The maximum absolute atomic E-state index is 6.12. The lowest BCUT2D eigenvalue weighted by Crippen LogP contribution is -2.21. The summed E-state index contributed by atoms with van der Waals surface area (Å²) < 4.78 is 5.70. The van der Waals surface area contributed by atoms with E-state index < -0.39 is 0 Å². The van der Waals surface area contributed by atoms with Gasteiger partial charge in [-0.1, -0.05) is 37.3 Å². The highest BCUT2D eigenvalue weighted by molar-refractivity contribution is 5.92. The van der Waals surface area contributed by atoms with E-state index in [4.69, 9.17) is 10.5 Å². The first-order chi connectivity index (χ1) is 12.6. The minimum absolute atomic E-state index is 0.202. The molecule has 3 rings (SSSR count). The van der Waals surface area contributed by atoms with Crippen LogP contribution in [0, 0.1) is 0 Å². The molecule has 0 fully saturated rings. The topological polar surface area (TPSA) is 102 Å². The van der Waals surface area contributed by atoms with Crippen LogP contribution in [0.15, 0.2) is 30.3 Å². The first-order valence-electron chi connectivity index (χ1n) is 8.53. The molecule has 3 N–H and O–H groups in total. The summed E-state index contributed by atoms with van der Waals surface area (Å²) in [6.45, 7) is 3.30. The average Bonchev–Trinajstić information content (AvgIpc) is 2.66. The van der Waals surface area contributed by atoms with Crippen molar-refractivity contribution >= 4 is 28.6 Å². The Hall–Kier alpha value is -3.16. The number of nitrogens with one attached hydrogen (secondary N) is 1. The Morgan fingerprint density at radius 3 is 2.54 bits per heavy atom. The zero-order valence-corrected chi connectivity index (χ0v) is 15.2. The Labute approximate surface area is 152 Å². The summed E-state index contributed by atoms with van der Waals surface area (Å²) in [5.74, 6) is 1.44. The van der Waals surface area contributed by atoms with Gasteiger partial charge in [-0.25, -0.2) is 4.98 Å². The Balaban J connectivity index is 1.95. The number of nitrogens with two attached hydrogens (primary N) is 1. The summed E-state index contributed by atoms with van der Waals surface area (Å²) >= 11 is 0. The van der Waals surface area contributed by atoms with Gasteiger partial charge in [0.2, 0.25) is 5.95 Å². The lowest BCUT2D eigenvalue weighted by Gasteiger charge is -2.18. The first-order valence-corrected chi connectivity index (χ1v) is 8.53. The SMILES string of the molecule is CCCN(C)c1nc(NC)c2nc(OCc3ccccc3)nc(N)c2n1. The molecule has 1 aromatic carbocycles. The van der Waals surface area contributed by atoms with Crippen molar-refractivity contribution in [2.45, 2.75) is 20.0 Å². The first kappa shape index (κ1) is 17.7. The zero-order valence-electron chi connectivity index (χ0n) is 15.2. The number of hydrogen-bond acceptors (Lipinski definition) is 8. The average molecular weight is 353 g/mol. The van der Waals surface area contributed by atoms with Crippen molar-refractivity contribution in [3.05, 3.63) is 35.9 Å². The molecule has 0 radical (unpaired) electrons. The maximum Gasteiger partial charge on any atom is 0.319 e. The molecule has 0 saturated heterocycles. The number of nitrogen functional groups attached to an aromatic ring is 1. The fourth-order valence-corrected chi connectivity index (χ4v) is 2.57. The van der Waals surface area contributed by atoms with Crippen LogP contribution >= 0.6 is 0 Å². The highest BCUT2D eigenvalue weighted by Gasteiger charge is 2.16. The number of fused-ring (bicyclic) bond motifs is 1. The predicted octanol–water partition coefficient (Wildman–Crippen LogP) is 2.47. The van der Waals surface area contributed by atoms with Gasteiger partial charge < -0.3 is 20.7 Å².